The molecule has 2 heterocycles. The molecule has 0 radical (unpaired) electrons. The van der Waals surface area contributed by atoms with Crippen LogP contribution in [-0.4, -0.2) is 11.0 Å². The summed E-state index contributed by atoms with van der Waals surface area (Å²) in [4.78, 5) is 3.52. The van der Waals surface area contributed by atoms with Crippen molar-refractivity contribution in [3.8, 4) is 0 Å². The number of nitrogens with one attached hydrogen (secondary N) is 2. The lowest BCUT2D eigenvalue weighted by Gasteiger charge is -2.25. The smallest absolute Gasteiger partial charge is 0.0458 e. The molecule has 26 heavy (non-hydrogen) atoms. The molecule has 2 nitrogen and oxygen atoms in total. The number of aromatic nitrogens is 1. The zero-order chi connectivity index (χ0) is 17.3. The van der Waals surface area contributed by atoms with Crippen LogP contribution in [0.2, 0.25) is 0 Å². The molecule has 2 heteroatoms. The van der Waals surface area contributed by atoms with E-state index in [9.17, 15) is 0 Å². The van der Waals surface area contributed by atoms with Crippen LogP contribution in [0.25, 0.3) is 10.9 Å². The Labute approximate surface area is 156 Å². The fourth-order valence-corrected chi connectivity index (χ4v) is 5.19. The van der Waals surface area contributed by atoms with Crippen molar-refractivity contribution in [1.29, 1.82) is 0 Å². The van der Waals surface area contributed by atoms with Gasteiger partial charge < -0.3 is 10.3 Å². The Bertz CT molecular complexity index is 907. The highest BCUT2D eigenvalue weighted by atomic mass is 15.0. The molecule has 1 aliphatic heterocycles. The van der Waals surface area contributed by atoms with Crippen molar-refractivity contribution in [2.45, 2.75) is 63.3 Å². The van der Waals surface area contributed by atoms with Crippen LogP contribution >= 0.6 is 0 Å². The zero-order valence-electron chi connectivity index (χ0n) is 15.4. The van der Waals surface area contributed by atoms with Gasteiger partial charge >= 0.3 is 0 Å². The highest BCUT2D eigenvalue weighted by Gasteiger charge is 2.33. The van der Waals surface area contributed by atoms with Gasteiger partial charge in [-0.2, -0.15) is 0 Å². The number of hydrogen-bond donors (Lipinski definition) is 2. The number of fused-ring (bicyclic) bond motifs is 6. The van der Waals surface area contributed by atoms with Crippen molar-refractivity contribution < 1.29 is 0 Å². The normalized spacial score (nSPS) is 23.2. The van der Waals surface area contributed by atoms with Gasteiger partial charge in [-0.05, 0) is 61.8 Å². The molecule has 6 rings (SSSR count). The number of aryl methyl sites for hydroxylation is 2. The van der Waals surface area contributed by atoms with E-state index in [0.717, 1.165) is 12.0 Å². The second-order valence-electron chi connectivity index (χ2n) is 8.06. The van der Waals surface area contributed by atoms with Gasteiger partial charge in [-0.3, -0.25) is 0 Å². The average Bonchev–Trinajstić information content (AvgIpc) is 3.27. The monoisotopic (exact) mass is 344 g/mol. The Morgan fingerprint density at radius 2 is 1.58 bits per heavy atom. The Hall–Kier alpha value is -2.22. The molecule has 2 aliphatic carbocycles. The third kappa shape index (κ3) is 2.82. The largest absolute Gasteiger partial charge is 0.381 e. The van der Waals surface area contributed by atoms with Gasteiger partial charge in [-0.25, -0.2) is 0 Å². The number of benzene rings is 2. The summed E-state index contributed by atoms with van der Waals surface area (Å²) in [6.07, 6.45) is 10.8. The van der Waals surface area contributed by atoms with Crippen LogP contribution in [0.5, 0.6) is 0 Å². The van der Waals surface area contributed by atoms with Crippen molar-refractivity contribution in [2.75, 3.05) is 5.32 Å². The average molecular weight is 345 g/mol. The standard InChI is InChI=1S/C12H15N.C12H13N/c2*1-3-7-11-9(5-1)10-6-2-4-8-12(10)13-11/h1,3,5,7,10,12-13H,2,4,6,8H2;1,3,5,7,13H,2,4,6,8H2/t10?,12-;/m1./s1. The summed E-state index contributed by atoms with van der Waals surface area (Å²) in [6.45, 7) is 0. The van der Waals surface area contributed by atoms with E-state index >= 15 is 0 Å². The first kappa shape index (κ1) is 16.0. The topological polar surface area (TPSA) is 27.8 Å². The molecule has 1 fully saturated rings. The first-order valence-corrected chi connectivity index (χ1v) is 10.3. The number of rotatable bonds is 0. The third-order valence-electron chi connectivity index (χ3n) is 6.47. The SMILES string of the molecule is c1ccc2c(c1)N[C@@H]1CCCCC21.c1ccc2c3c([nH]c2c1)CCCC3. The fourth-order valence-electron chi connectivity index (χ4n) is 5.19. The first-order chi connectivity index (χ1) is 12.9. The molecule has 2 atom stereocenters. The van der Waals surface area contributed by atoms with Gasteiger partial charge in [0.25, 0.3) is 0 Å². The quantitative estimate of drug-likeness (QED) is 0.500. The van der Waals surface area contributed by atoms with Crippen LogP contribution in [0.3, 0.4) is 0 Å². The fraction of sp³-hybridized carbons (Fsp3) is 0.417. The summed E-state index contributed by atoms with van der Waals surface area (Å²) in [5, 5.41) is 5.08. The molecular weight excluding hydrogens is 316 g/mol. The molecule has 1 aromatic heterocycles. The molecule has 0 saturated heterocycles. The number of hydrogen-bond acceptors (Lipinski definition) is 1. The second kappa shape index (κ2) is 6.83. The van der Waals surface area contributed by atoms with E-state index in [1.807, 2.05) is 0 Å². The predicted molar refractivity (Wildman–Crippen MR) is 110 cm³/mol. The maximum absolute atomic E-state index is 3.64. The Kier molecular flexibility index (Phi) is 4.20. The van der Waals surface area contributed by atoms with E-state index in [1.165, 1.54) is 73.7 Å². The molecule has 1 saturated carbocycles. The summed E-state index contributed by atoms with van der Waals surface area (Å²) in [7, 11) is 0. The van der Waals surface area contributed by atoms with E-state index in [0.29, 0.717) is 0 Å². The molecule has 3 aliphatic rings. The lowest BCUT2D eigenvalue weighted by atomic mass is 9.83. The minimum absolute atomic E-state index is 0.742. The van der Waals surface area contributed by atoms with Crippen LogP contribution in [-0.2, 0) is 12.8 Å². The number of anilines is 1. The summed E-state index contributed by atoms with van der Waals surface area (Å²) in [5.74, 6) is 0.810. The van der Waals surface area contributed by atoms with E-state index in [-0.39, 0.29) is 0 Å². The summed E-state index contributed by atoms with van der Waals surface area (Å²) in [5.41, 5.74) is 7.32. The Morgan fingerprint density at radius 3 is 2.58 bits per heavy atom. The molecule has 0 spiro atoms. The lowest BCUT2D eigenvalue weighted by Crippen LogP contribution is -2.23. The summed E-state index contributed by atoms with van der Waals surface area (Å²) < 4.78 is 0. The van der Waals surface area contributed by atoms with E-state index < -0.39 is 0 Å². The van der Waals surface area contributed by atoms with Crippen LogP contribution in [0.15, 0.2) is 48.5 Å². The molecule has 3 aromatic rings. The Morgan fingerprint density at radius 1 is 0.769 bits per heavy atom. The van der Waals surface area contributed by atoms with Gasteiger partial charge in [0.1, 0.15) is 0 Å². The lowest BCUT2D eigenvalue weighted by molar-refractivity contribution is 0.422. The molecule has 2 N–H and O–H groups in total. The van der Waals surface area contributed by atoms with E-state index in [1.54, 1.807) is 11.1 Å². The predicted octanol–water partition coefficient (Wildman–Crippen LogP) is 6.19. The van der Waals surface area contributed by atoms with Crippen LogP contribution in [0, 0.1) is 0 Å². The molecule has 134 valence electrons. The van der Waals surface area contributed by atoms with Crippen LogP contribution < -0.4 is 5.32 Å². The van der Waals surface area contributed by atoms with Crippen molar-refractivity contribution in [3.63, 3.8) is 0 Å². The maximum atomic E-state index is 3.64. The number of H-pyrrole nitrogens is 1. The third-order valence-corrected chi connectivity index (χ3v) is 6.47. The molecule has 0 amide bonds. The minimum Gasteiger partial charge on any atom is -0.381 e. The van der Waals surface area contributed by atoms with E-state index in [2.05, 4.69) is 58.8 Å². The highest BCUT2D eigenvalue weighted by molar-refractivity contribution is 5.84. The van der Waals surface area contributed by atoms with Crippen LogP contribution in [0.1, 0.15) is 61.3 Å². The van der Waals surface area contributed by atoms with Crippen molar-refractivity contribution in [1.82, 2.24) is 4.98 Å². The molecule has 2 aromatic carbocycles. The van der Waals surface area contributed by atoms with E-state index in [4.69, 9.17) is 0 Å². The van der Waals surface area contributed by atoms with Gasteiger partial charge in [-0.1, -0.05) is 49.2 Å². The van der Waals surface area contributed by atoms with Crippen molar-refractivity contribution in [2.24, 2.45) is 0 Å². The van der Waals surface area contributed by atoms with Gasteiger partial charge in [0.15, 0.2) is 0 Å². The van der Waals surface area contributed by atoms with Crippen molar-refractivity contribution in [3.05, 3.63) is 65.4 Å². The van der Waals surface area contributed by atoms with Crippen LogP contribution in [0.4, 0.5) is 5.69 Å². The Balaban J connectivity index is 0.000000115. The maximum Gasteiger partial charge on any atom is 0.0458 e. The first-order valence-electron chi connectivity index (χ1n) is 10.3. The number of para-hydroxylation sites is 2. The van der Waals surface area contributed by atoms with Gasteiger partial charge in [-0.15, -0.1) is 0 Å². The minimum atomic E-state index is 0.742. The summed E-state index contributed by atoms with van der Waals surface area (Å²) in [6, 6.07) is 18.2. The van der Waals surface area contributed by atoms with Gasteiger partial charge in [0.2, 0.25) is 0 Å². The number of aromatic amines is 1. The molecular formula is C24H28N2. The highest BCUT2D eigenvalue weighted by Crippen LogP contribution is 2.43. The molecule has 1 unspecified atom stereocenters. The molecule has 0 bridgehead atoms. The zero-order valence-corrected chi connectivity index (χ0v) is 15.4. The van der Waals surface area contributed by atoms with Gasteiger partial charge in [0, 0.05) is 34.2 Å². The second-order valence-corrected chi connectivity index (χ2v) is 8.06. The van der Waals surface area contributed by atoms with Crippen molar-refractivity contribution >= 4 is 16.6 Å². The summed E-state index contributed by atoms with van der Waals surface area (Å²) >= 11 is 0. The van der Waals surface area contributed by atoms with Gasteiger partial charge in [0.05, 0.1) is 0 Å².